The number of hydrazine groups is 1. The number of carbonyl (C=O) groups excluding carboxylic acids is 8. The second-order valence-electron chi connectivity index (χ2n) is 22.5. The van der Waals surface area contributed by atoms with E-state index in [9.17, 15) is 43.5 Å². The van der Waals surface area contributed by atoms with Gasteiger partial charge >= 0.3 is 24.2 Å². The van der Waals surface area contributed by atoms with Gasteiger partial charge in [-0.2, -0.15) is 0 Å². The van der Waals surface area contributed by atoms with Crippen molar-refractivity contribution in [3.8, 4) is 11.1 Å². The number of epoxide rings is 1. The van der Waals surface area contributed by atoms with E-state index in [1.165, 1.54) is 36.1 Å². The number of ether oxygens (including phenoxy) is 6. The molecule has 4 aliphatic rings. The number of alkyl carbamates (subject to hydrolysis) is 1. The number of benzene rings is 3. The third-order valence-electron chi connectivity index (χ3n) is 15.6. The van der Waals surface area contributed by atoms with E-state index in [1.807, 2.05) is 74.5 Å². The van der Waals surface area contributed by atoms with Gasteiger partial charge in [0.15, 0.2) is 0 Å². The van der Waals surface area contributed by atoms with E-state index in [-0.39, 0.29) is 93.7 Å². The first-order valence-electron chi connectivity index (χ1n) is 28.7. The summed E-state index contributed by atoms with van der Waals surface area (Å²) in [6.07, 6.45) is 4.87. The van der Waals surface area contributed by atoms with Crippen LogP contribution in [-0.4, -0.2) is 133 Å². The van der Waals surface area contributed by atoms with Gasteiger partial charge in [0, 0.05) is 37.6 Å². The van der Waals surface area contributed by atoms with E-state index in [1.54, 1.807) is 39.0 Å². The van der Waals surface area contributed by atoms with E-state index in [2.05, 4.69) is 33.7 Å². The molecule has 7 rings (SSSR count). The highest BCUT2D eigenvalue weighted by Crippen LogP contribution is 2.45. The highest BCUT2D eigenvalue weighted by atomic mass is 16.6. The largest absolute Gasteiger partial charge is 0.459 e. The van der Waals surface area contributed by atoms with Gasteiger partial charge in [-0.3, -0.25) is 34.3 Å². The molecule has 85 heavy (non-hydrogen) atoms. The van der Waals surface area contributed by atoms with Gasteiger partial charge in [0.25, 0.3) is 5.91 Å². The number of esters is 1. The molecule has 0 aromatic heterocycles. The predicted molar refractivity (Wildman–Crippen MR) is 313 cm³/mol. The van der Waals surface area contributed by atoms with Crippen LogP contribution in [0.4, 0.5) is 20.1 Å². The zero-order chi connectivity index (χ0) is 61.5. The number of nitrogens with two attached hydrogens (primary N) is 2. The summed E-state index contributed by atoms with van der Waals surface area (Å²) in [5.74, 6) is -3.44. The quantitative estimate of drug-likeness (QED) is 0.0104. The maximum absolute atomic E-state index is 14.7. The third kappa shape index (κ3) is 17.7. The Bertz CT molecular complexity index is 2940. The van der Waals surface area contributed by atoms with Crippen LogP contribution in [0.25, 0.3) is 11.1 Å². The number of hydrogen-bond donors (Lipinski definition) is 8. The van der Waals surface area contributed by atoms with Crippen LogP contribution in [0.3, 0.4) is 0 Å². The monoisotopic (exact) mass is 1180 g/mol. The maximum atomic E-state index is 14.7. The summed E-state index contributed by atoms with van der Waals surface area (Å²) in [5, 5.41) is 19.4. The number of aliphatic hydroxyl groups is 1. The highest BCUT2D eigenvalue weighted by Gasteiger charge is 2.58. The lowest BCUT2D eigenvalue weighted by Gasteiger charge is -2.39. The number of primary amides is 2. The van der Waals surface area contributed by atoms with E-state index >= 15 is 0 Å². The number of rotatable bonds is 24. The summed E-state index contributed by atoms with van der Waals surface area (Å²) in [6, 6.07) is 18.6. The average molecular weight is 1180 g/mol. The Balaban J connectivity index is 0.898. The molecular formula is C62H80N8O15. The number of anilines is 1. The molecular weight excluding hydrogens is 1100 g/mol. The molecule has 10 N–H and O–H groups in total. The van der Waals surface area contributed by atoms with Gasteiger partial charge in [-0.15, -0.1) is 0 Å². The van der Waals surface area contributed by atoms with Crippen LogP contribution in [-0.2, 0) is 59.0 Å². The van der Waals surface area contributed by atoms with Gasteiger partial charge in [0.05, 0.1) is 37.4 Å². The number of nitrogens with one attached hydrogen (secondary N) is 5. The van der Waals surface area contributed by atoms with Crippen molar-refractivity contribution in [3.63, 3.8) is 0 Å². The first-order chi connectivity index (χ1) is 40.5. The average Bonchev–Trinajstić information content (AvgIpc) is 4.38. The molecule has 1 spiro atoms. The molecule has 3 aliphatic heterocycles. The molecule has 8 amide bonds. The Kier molecular flexibility index (Phi) is 22.4. The molecule has 0 radical (unpaired) electrons. The Labute approximate surface area is 494 Å². The van der Waals surface area contributed by atoms with Crippen LogP contribution in [0.5, 0.6) is 0 Å². The lowest BCUT2D eigenvalue weighted by Crippen LogP contribution is -2.57. The summed E-state index contributed by atoms with van der Waals surface area (Å²) in [7, 11) is 0. The van der Waals surface area contributed by atoms with Crippen molar-refractivity contribution >= 4 is 53.5 Å². The van der Waals surface area contributed by atoms with Crippen LogP contribution >= 0.6 is 0 Å². The molecule has 23 nitrogen and oxygen atoms in total. The van der Waals surface area contributed by atoms with E-state index in [0.29, 0.717) is 18.4 Å². The molecule has 458 valence electrons. The summed E-state index contributed by atoms with van der Waals surface area (Å²) in [5.41, 5.74) is 20.6. The lowest BCUT2D eigenvalue weighted by molar-refractivity contribution is -0.146. The predicted octanol–water partition coefficient (Wildman–Crippen LogP) is 5.52. The standard InChI is InChI=1S/C62H80N8O15/c1-35(2)55(67-60(78)81-33-48-46-15-10-8-13-44(46)45-14-9-11-16-47(45)48)58(76)70(50(57(63)75)17-12-28-65-59(64)77)42-23-21-41(22-24-42)32-80-61(79)69-68-54(73)30-43-31-62(34-82-62)56(74)52(85-43)26-19-36(3)18-25-51-37(4)29-49(39(6)84-51)66-53(72)27-20-38(5)83-40(7)71/h8-11,13-16,18-24,26-27,35,37-39,43,48-52,55-56,74H,12,17,25,28-34H2,1-7H3,(H2,63,75)(H,66,72)(H,67,78)(H,68,73)(H,69,79)(H3,64,65,77)/b26-19+,27-20-,36-18+/t37-,38-,39+,43+,49+,50-,51-,52+,55-,56+,62+/m0/s1. The zero-order valence-corrected chi connectivity index (χ0v) is 49.1. The fraction of sp³-hybridized carbons (Fsp3) is 0.484. The Morgan fingerprint density at radius 1 is 0.859 bits per heavy atom. The Morgan fingerprint density at radius 3 is 2.15 bits per heavy atom. The van der Waals surface area contributed by atoms with Gasteiger partial charge in [-0.1, -0.05) is 105 Å². The number of carbonyl (C=O) groups is 8. The fourth-order valence-corrected chi connectivity index (χ4v) is 11.0. The molecule has 0 unspecified atom stereocenters. The Hall–Kier alpha value is -8.12. The van der Waals surface area contributed by atoms with Crippen molar-refractivity contribution in [2.75, 3.05) is 24.7 Å². The fourth-order valence-electron chi connectivity index (χ4n) is 11.0. The first kappa shape index (κ1) is 64.4. The minimum absolute atomic E-state index is 0.000847. The third-order valence-corrected chi connectivity index (χ3v) is 15.6. The van der Waals surface area contributed by atoms with Gasteiger partial charge in [0.1, 0.15) is 49.2 Å². The number of amides is 8. The molecule has 0 bridgehead atoms. The number of allylic oxidation sites excluding steroid dienone is 2. The van der Waals surface area contributed by atoms with Crippen LogP contribution in [0.1, 0.15) is 110 Å². The number of aliphatic hydroxyl groups excluding tert-OH is 1. The number of fused-ring (bicyclic) bond motifs is 3. The number of urea groups is 1. The van der Waals surface area contributed by atoms with Crippen LogP contribution in [0.2, 0.25) is 0 Å². The van der Waals surface area contributed by atoms with Crippen molar-refractivity contribution < 1.29 is 71.9 Å². The summed E-state index contributed by atoms with van der Waals surface area (Å²) < 4.78 is 34.4. The van der Waals surface area contributed by atoms with Crippen molar-refractivity contribution in [2.45, 2.75) is 160 Å². The molecule has 3 saturated heterocycles. The van der Waals surface area contributed by atoms with Crippen LogP contribution in [0, 0.1) is 11.8 Å². The number of hydrogen-bond acceptors (Lipinski definition) is 15. The molecule has 0 saturated carbocycles. The van der Waals surface area contributed by atoms with Gasteiger partial charge in [-0.25, -0.2) is 19.8 Å². The minimum atomic E-state index is -1.24. The van der Waals surface area contributed by atoms with E-state index < -0.39 is 89.9 Å². The van der Waals surface area contributed by atoms with Gasteiger partial charge < -0.3 is 60.9 Å². The molecule has 23 heteroatoms. The molecule has 3 aromatic rings. The molecule has 11 atom stereocenters. The zero-order valence-electron chi connectivity index (χ0n) is 49.1. The topological polar surface area (TPSA) is 331 Å². The van der Waals surface area contributed by atoms with E-state index in [0.717, 1.165) is 27.8 Å². The van der Waals surface area contributed by atoms with Crippen molar-refractivity contribution in [1.82, 2.24) is 26.8 Å². The summed E-state index contributed by atoms with van der Waals surface area (Å²) in [6.45, 7) is 12.4. The van der Waals surface area contributed by atoms with E-state index in [4.69, 9.17) is 39.9 Å². The van der Waals surface area contributed by atoms with Crippen molar-refractivity contribution in [2.24, 2.45) is 23.3 Å². The lowest BCUT2D eigenvalue weighted by atomic mass is 9.87. The number of nitrogens with zero attached hydrogens (tertiary/aromatic N) is 1. The second-order valence-corrected chi connectivity index (χ2v) is 22.5. The second kappa shape index (κ2) is 29.6. The molecule has 3 aromatic carbocycles. The molecule has 3 heterocycles. The van der Waals surface area contributed by atoms with Crippen LogP contribution in [0.15, 0.2) is 109 Å². The summed E-state index contributed by atoms with van der Waals surface area (Å²) in [4.78, 5) is 104. The van der Waals surface area contributed by atoms with Gasteiger partial charge in [-0.05, 0) is 104 Å². The Morgan fingerprint density at radius 2 is 1.53 bits per heavy atom. The molecule has 3 fully saturated rings. The minimum Gasteiger partial charge on any atom is -0.459 e. The smallest absolute Gasteiger partial charge is 0.426 e. The first-order valence-corrected chi connectivity index (χ1v) is 28.7. The van der Waals surface area contributed by atoms with Gasteiger partial charge in [0.2, 0.25) is 17.7 Å². The SMILES string of the molecule is CC(=O)O[C@@H](C)/C=C\C(=O)N[C@@H]1C[C@H](C)[C@H](C/C=C(C)/C=C/[C@H]2O[C@H](CC(=O)NNC(=O)OCc3ccc(N(C(=O)[C@@H](NC(=O)OCC4c5ccccc5-c5ccccc54)C(C)C)[C@@H](CCCNC(N)=O)C(N)=O)cc3)C[C@@]3(CO3)[C@@H]2O)O[C@@H]1C. The maximum Gasteiger partial charge on any atom is 0.426 e. The highest BCUT2D eigenvalue weighted by molar-refractivity contribution is 6.04. The molecule has 1 aliphatic carbocycles. The summed E-state index contributed by atoms with van der Waals surface area (Å²) >= 11 is 0. The van der Waals surface area contributed by atoms with Crippen LogP contribution < -0.4 is 43.2 Å². The normalized spacial score (nSPS) is 23.6. The van der Waals surface area contributed by atoms with Crippen molar-refractivity contribution in [3.05, 3.63) is 125 Å². The van der Waals surface area contributed by atoms with Crippen molar-refractivity contribution in [1.29, 1.82) is 0 Å².